The smallest absolute Gasteiger partial charge is 0.243 e. The summed E-state index contributed by atoms with van der Waals surface area (Å²) < 4.78 is 2.18. The number of thiophene rings is 1. The van der Waals surface area contributed by atoms with Crippen molar-refractivity contribution in [3.63, 3.8) is 0 Å². The van der Waals surface area contributed by atoms with Crippen molar-refractivity contribution in [1.82, 2.24) is 14.5 Å². The number of rotatable bonds is 5. The van der Waals surface area contributed by atoms with Crippen LogP contribution in [0.2, 0.25) is 0 Å². The number of fused-ring (bicyclic) bond motifs is 1. The number of hydrogen-bond acceptors (Lipinski definition) is 3. The SMILES string of the molecule is Cc1ccsc1-c1nc2ccccc2n1CC(=O)N(C1CCCCC1)C1CCCCC1. The molecule has 0 aliphatic heterocycles. The second-order valence-corrected chi connectivity index (χ2v) is 10.2. The van der Waals surface area contributed by atoms with Crippen molar-refractivity contribution in [2.24, 2.45) is 0 Å². The Labute approximate surface area is 189 Å². The third kappa shape index (κ3) is 4.17. The number of nitrogens with zero attached hydrogens (tertiary/aromatic N) is 3. The Bertz CT molecular complexity index is 1020. The zero-order valence-corrected chi connectivity index (χ0v) is 19.4. The first-order valence-corrected chi connectivity index (χ1v) is 12.9. The number of aryl methyl sites for hydroxylation is 1. The third-order valence-electron chi connectivity index (χ3n) is 7.24. The number of hydrogen-bond donors (Lipinski definition) is 0. The minimum absolute atomic E-state index is 0.289. The van der Waals surface area contributed by atoms with Gasteiger partial charge in [-0.1, -0.05) is 50.7 Å². The summed E-state index contributed by atoms with van der Waals surface area (Å²) in [5, 5.41) is 2.12. The topological polar surface area (TPSA) is 38.1 Å². The van der Waals surface area contributed by atoms with Crippen LogP contribution in [-0.2, 0) is 11.3 Å². The van der Waals surface area contributed by atoms with Crippen LogP contribution >= 0.6 is 11.3 Å². The molecule has 2 fully saturated rings. The molecule has 0 radical (unpaired) electrons. The lowest BCUT2D eigenvalue weighted by Crippen LogP contribution is -2.50. The fourth-order valence-electron chi connectivity index (χ4n) is 5.65. The molecule has 1 aromatic carbocycles. The van der Waals surface area contributed by atoms with Crippen molar-refractivity contribution in [3.8, 4) is 10.7 Å². The van der Waals surface area contributed by atoms with Crippen LogP contribution in [0.15, 0.2) is 35.7 Å². The van der Waals surface area contributed by atoms with E-state index in [4.69, 9.17) is 4.98 Å². The molecule has 3 aromatic rings. The Morgan fingerprint density at radius 1 is 1.00 bits per heavy atom. The molecule has 0 spiro atoms. The molecule has 164 valence electrons. The first kappa shape index (κ1) is 20.7. The Balaban J connectivity index is 1.51. The molecule has 1 amide bonds. The predicted octanol–water partition coefficient (Wildman–Crippen LogP) is 6.57. The number of aromatic nitrogens is 2. The van der Waals surface area contributed by atoms with Gasteiger partial charge in [-0.2, -0.15) is 0 Å². The molecule has 31 heavy (non-hydrogen) atoms. The lowest BCUT2D eigenvalue weighted by Gasteiger charge is -2.42. The summed E-state index contributed by atoms with van der Waals surface area (Å²) in [4.78, 5) is 22.4. The van der Waals surface area contributed by atoms with Gasteiger partial charge in [-0.15, -0.1) is 11.3 Å². The van der Waals surface area contributed by atoms with E-state index in [1.165, 1.54) is 74.6 Å². The van der Waals surface area contributed by atoms with E-state index in [0.717, 1.165) is 16.9 Å². The van der Waals surface area contributed by atoms with E-state index in [2.05, 4.69) is 46.0 Å². The van der Waals surface area contributed by atoms with E-state index in [-0.39, 0.29) is 5.91 Å². The Kier molecular flexibility index (Phi) is 6.13. The van der Waals surface area contributed by atoms with Crippen LogP contribution in [0.25, 0.3) is 21.7 Å². The van der Waals surface area contributed by atoms with Gasteiger partial charge in [0.25, 0.3) is 0 Å². The summed E-state index contributed by atoms with van der Waals surface area (Å²) in [6.45, 7) is 2.52. The summed E-state index contributed by atoms with van der Waals surface area (Å²) >= 11 is 1.72. The van der Waals surface area contributed by atoms with Gasteiger partial charge in [-0.05, 0) is 61.7 Å². The van der Waals surface area contributed by atoms with Gasteiger partial charge in [0.1, 0.15) is 6.54 Å². The van der Waals surface area contributed by atoms with E-state index < -0.39 is 0 Å². The van der Waals surface area contributed by atoms with Gasteiger partial charge in [0.05, 0.1) is 15.9 Å². The zero-order chi connectivity index (χ0) is 21.2. The van der Waals surface area contributed by atoms with E-state index in [0.29, 0.717) is 18.6 Å². The molecule has 0 N–H and O–H groups in total. The molecule has 5 heteroatoms. The van der Waals surface area contributed by atoms with Gasteiger partial charge in [0.2, 0.25) is 5.91 Å². The molecular formula is C26H33N3OS. The van der Waals surface area contributed by atoms with Crippen LogP contribution in [0.4, 0.5) is 0 Å². The predicted molar refractivity (Wildman–Crippen MR) is 128 cm³/mol. The number of benzene rings is 1. The number of carbonyl (C=O) groups excluding carboxylic acids is 1. The lowest BCUT2D eigenvalue weighted by atomic mass is 9.88. The fourth-order valence-corrected chi connectivity index (χ4v) is 6.57. The monoisotopic (exact) mass is 435 g/mol. The van der Waals surface area contributed by atoms with E-state index in [9.17, 15) is 4.79 Å². The molecule has 5 rings (SSSR count). The second kappa shape index (κ2) is 9.15. The van der Waals surface area contributed by atoms with Crippen molar-refractivity contribution >= 4 is 28.3 Å². The molecule has 2 aliphatic carbocycles. The van der Waals surface area contributed by atoms with Crippen molar-refractivity contribution in [2.45, 2.75) is 89.8 Å². The molecule has 0 bridgehead atoms. The molecule has 2 heterocycles. The minimum Gasteiger partial charge on any atom is -0.335 e. The van der Waals surface area contributed by atoms with Crippen molar-refractivity contribution < 1.29 is 4.79 Å². The van der Waals surface area contributed by atoms with Gasteiger partial charge < -0.3 is 9.47 Å². The molecule has 2 saturated carbocycles. The maximum absolute atomic E-state index is 13.9. The second-order valence-electron chi connectivity index (χ2n) is 9.33. The number of amides is 1. The zero-order valence-electron chi connectivity index (χ0n) is 18.6. The standard InChI is InChI=1S/C26H33N3OS/c1-19-16-17-31-25(19)26-27-22-14-8-9-15-23(22)28(26)18-24(30)29(20-10-4-2-5-11-20)21-12-6-3-7-13-21/h8-9,14-17,20-21H,2-7,10-13,18H2,1H3. The average molecular weight is 436 g/mol. The molecule has 2 aliphatic rings. The first-order chi connectivity index (χ1) is 15.2. The highest BCUT2D eigenvalue weighted by atomic mass is 32.1. The normalized spacial score (nSPS) is 18.5. The van der Waals surface area contributed by atoms with Crippen molar-refractivity contribution in [2.75, 3.05) is 0 Å². The molecular weight excluding hydrogens is 402 g/mol. The summed E-state index contributed by atoms with van der Waals surface area (Å²) in [6.07, 6.45) is 12.3. The van der Waals surface area contributed by atoms with Gasteiger partial charge in [0, 0.05) is 12.1 Å². The Morgan fingerprint density at radius 3 is 2.26 bits per heavy atom. The van der Waals surface area contributed by atoms with E-state index >= 15 is 0 Å². The van der Waals surface area contributed by atoms with Gasteiger partial charge in [-0.25, -0.2) is 4.98 Å². The van der Waals surface area contributed by atoms with Crippen LogP contribution in [0.1, 0.15) is 69.8 Å². The minimum atomic E-state index is 0.289. The van der Waals surface area contributed by atoms with Gasteiger partial charge >= 0.3 is 0 Å². The highest BCUT2D eigenvalue weighted by molar-refractivity contribution is 7.13. The molecule has 0 saturated heterocycles. The Hall–Kier alpha value is -2.14. The van der Waals surface area contributed by atoms with Crippen LogP contribution in [0.3, 0.4) is 0 Å². The Morgan fingerprint density at radius 2 is 1.65 bits per heavy atom. The highest BCUT2D eigenvalue weighted by Crippen LogP contribution is 2.34. The molecule has 0 unspecified atom stereocenters. The lowest BCUT2D eigenvalue weighted by molar-refractivity contribution is -0.138. The number of carbonyl (C=O) groups is 1. The number of para-hydroxylation sites is 2. The molecule has 2 aromatic heterocycles. The maximum Gasteiger partial charge on any atom is 0.243 e. The van der Waals surface area contributed by atoms with Crippen LogP contribution in [-0.4, -0.2) is 32.4 Å². The summed E-state index contributed by atoms with van der Waals surface area (Å²) in [7, 11) is 0. The molecule has 4 nitrogen and oxygen atoms in total. The van der Waals surface area contributed by atoms with Crippen LogP contribution < -0.4 is 0 Å². The van der Waals surface area contributed by atoms with Gasteiger partial charge in [-0.3, -0.25) is 4.79 Å². The summed E-state index contributed by atoms with van der Waals surface area (Å²) in [5.74, 6) is 1.23. The van der Waals surface area contributed by atoms with Crippen LogP contribution in [0.5, 0.6) is 0 Å². The average Bonchev–Trinajstić information content (AvgIpc) is 3.39. The first-order valence-electron chi connectivity index (χ1n) is 12.0. The third-order valence-corrected chi connectivity index (χ3v) is 8.25. The fraction of sp³-hybridized carbons (Fsp3) is 0.538. The quantitative estimate of drug-likeness (QED) is 0.455. The number of imidazole rings is 1. The summed E-state index contributed by atoms with van der Waals surface area (Å²) in [6, 6.07) is 11.2. The van der Waals surface area contributed by atoms with Crippen LogP contribution in [0, 0.1) is 6.92 Å². The highest BCUT2D eigenvalue weighted by Gasteiger charge is 2.33. The largest absolute Gasteiger partial charge is 0.335 e. The van der Waals surface area contributed by atoms with Crippen molar-refractivity contribution in [3.05, 3.63) is 41.3 Å². The van der Waals surface area contributed by atoms with E-state index in [1.54, 1.807) is 11.3 Å². The van der Waals surface area contributed by atoms with Crippen molar-refractivity contribution in [1.29, 1.82) is 0 Å². The van der Waals surface area contributed by atoms with E-state index in [1.807, 2.05) is 6.07 Å². The summed E-state index contributed by atoms with van der Waals surface area (Å²) in [5.41, 5.74) is 3.26. The maximum atomic E-state index is 13.9. The molecule has 0 atom stereocenters. The van der Waals surface area contributed by atoms with Gasteiger partial charge in [0.15, 0.2) is 5.82 Å².